The summed E-state index contributed by atoms with van der Waals surface area (Å²) < 4.78 is 2.73. The third kappa shape index (κ3) is 4.20. The SMILES string of the molecule is O=C(CC(=O)Nc1cccc(Br)c1)NCc1cn2ccccc2n1. The van der Waals surface area contributed by atoms with E-state index in [9.17, 15) is 9.59 Å². The Balaban J connectivity index is 1.50. The van der Waals surface area contributed by atoms with Gasteiger partial charge < -0.3 is 15.0 Å². The predicted octanol–water partition coefficient (Wildman–Crippen LogP) is 2.74. The monoisotopic (exact) mass is 386 g/mol. The molecule has 0 aliphatic rings. The molecule has 0 unspecified atom stereocenters. The van der Waals surface area contributed by atoms with Crippen molar-refractivity contribution >= 4 is 39.1 Å². The molecule has 24 heavy (non-hydrogen) atoms. The first-order valence-electron chi connectivity index (χ1n) is 7.35. The van der Waals surface area contributed by atoms with Crippen LogP contribution in [-0.4, -0.2) is 21.2 Å². The van der Waals surface area contributed by atoms with Gasteiger partial charge in [0.15, 0.2) is 0 Å². The first-order chi connectivity index (χ1) is 11.6. The van der Waals surface area contributed by atoms with E-state index >= 15 is 0 Å². The van der Waals surface area contributed by atoms with E-state index in [-0.39, 0.29) is 24.8 Å². The number of nitrogens with zero attached hydrogens (tertiary/aromatic N) is 2. The van der Waals surface area contributed by atoms with Crippen LogP contribution in [0.25, 0.3) is 5.65 Å². The van der Waals surface area contributed by atoms with E-state index in [0.29, 0.717) is 5.69 Å². The number of fused-ring (bicyclic) bond motifs is 1. The Morgan fingerprint density at radius 2 is 2.00 bits per heavy atom. The Labute approximate surface area is 147 Å². The number of amides is 2. The molecule has 0 bridgehead atoms. The van der Waals surface area contributed by atoms with Crippen LogP contribution in [0.1, 0.15) is 12.1 Å². The molecule has 0 aliphatic carbocycles. The van der Waals surface area contributed by atoms with Crippen molar-refractivity contribution in [3.05, 3.63) is 65.0 Å². The zero-order chi connectivity index (χ0) is 16.9. The maximum atomic E-state index is 11.9. The number of anilines is 1. The van der Waals surface area contributed by atoms with Gasteiger partial charge in [0.2, 0.25) is 11.8 Å². The second kappa shape index (κ2) is 7.27. The maximum absolute atomic E-state index is 11.9. The van der Waals surface area contributed by atoms with Crippen molar-refractivity contribution in [2.45, 2.75) is 13.0 Å². The molecule has 2 heterocycles. The average Bonchev–Trinajstić information content (AvgIpc) is 2.95. The molecule has 1 aromatic carbocycles. The van der Waals surface area contributed by atoms with Gasteiger partial charge in [-0.25, -0.2) is 4.98 Å². The van der Waals surface area contributed by atoms with E-state index in [1.807, 2.05) is 47.1 Å². The average molecular weight is 387 g/mol. The van der Waals surface area contributed by atoms with Crippen LogP contribution >= 0.6 is 15.9 Å². The van der Waals surface area contributed by atoms with Gasteiger partial charge in [0.25, 0.3) is 0 Å². The predicted molar refractivity (Wildman–Crippen MR) is 94.4 cm³/mol. The number of imidazole rings is 1. The van der Waals surface area contributed by atoms with E-state index in [1.54, 1.807) is 12.1 Å². The highest BCUT2D eigenvalue weighted by molar-refractivity contribution is 9.10. The minimum Gasteiger partial charge on any atom is -0.350 e. The summed E-state index contributed by atoms with van der Waals surface area (Å²) in [4.78, 5) is 28.1. The van der Waals surface area contributed by atoms with E-state index < -0.39 is 0 Å². The molecule has 0 aliphatic heterocycles. The van der Waals surface area contributed by atoms with Crippen LogP contribution < -0.4 is 10.6 Å². The Kier molecular flexibility index (Phi) is 4.90. The topological polar surface area (TPSA) is 75.5 Å². The van der Waals surface area contributed by atoms with Gasteiger partial charge in [-0.2, -0.15) is 0 Å². The molecular formula is C17H15BrN4O2. The fraction of sp³-hybridized carbons (Fsp3) is 0.118. The first-order valence-corrected chi connectivity index (χ1v) is 8.14. The number of hydrogen-bond acceptors (Lipinski definition) is 3. The summed E-state index contributed by atoms with van der Waals surface area (Å²) in [6.07, 6.45) is 3.50. The molecule has 2 aromatic heterocycles. The van der Waals surface area contributed by atoms with Crippen LogP contribution in [0.3, 0.4) is 0 Å². The molecular weight excluding hydrogens is 372 g/mol. The smallest absolute Gasteiger partial charge is 0.233 e. The van der Waals surface area contributed by atoms with Crippen molar-refractivity contribution in [2.24, 2.45) is 0 Å². The fourth-order valence-corrected chi connectivity index (χ4v) is 2.64. The first kappa shape index (κ1) is 16.2. The molecule has 0 radical (unpaired) electrons. The zero-order valence-electron chi connectivity index (χ0n) is 12.7. The number of halogens is 1. The number of hydrogen-bond donors (Lipinski definition) is 2. The summed E-state index contributed by atoms with van der Waals surface area (Å²) in [5.41, 5.74) is 2.19. The molecule has 0 fully saturated rings. The number of carbonyl (C=O) groups excluding carboxylic acids is 2. The zero-order valence-corrected chi connectivity index (χ0v) is 14.3. The van der Waals surface area contributed by atoms with E-state index in [1.165, 1.54) is 0 Å². The van der Waals surface area contributed by atoms with Crippen molar-refractivity contribution in [1.82, 2.24) is 14.7 Å². The molecule has 0 saturated heterocycles. The van der Waals surface area contributed by atoms with Gasteiger partial charge in [-0.05, 0) is 30.3 Å². The largest absolute Gasteiger partial charge is 0.350 e. The minimum absolute atomic E-state index is 0.236. The highest BCUT2D eigenvalue weighted by Gasteiger charge is 2.10. The van der Waals surface area contributed by atoms with Gasteiger partial charge in [-0.1, -0.05) is 28.1 Å². The number of pyridine rings is 1. The quantitative estimate of drug-likeness (QED) is 0.661. The minimum atomic E-state index is -0.361. The summed E-state index contributed by atoms with van der Waals surface area (Å²) >= 11 is 3.33. The Morgan fingerprint density at radius 1 is 1.12 bits per heavy atom. The lowest BCUT2D eigenvalue weighted by Crippen LogP contribution is -2.27. The number of nitrogens with one attached hydrogen (secondary N) is 2. The van der Waals surface area contributed by atoms with Crippen LogP contribution in [0.4, 0.5) is 5.69 Å². The van der Waals surface area contributed by atoms with E-state index in [0.717, 1.165) is 15.8 Å². The lowest BCUT2D eigenvalue weighted by atomic mass is 10.3. The number of benzene rings is 1. The van der Waals surface area contributed by atoms with Gasteiger partial charge in [0.1, 0.15) is 12.1 Å². The highest BCUT2D eigenvalue weighted by Crippen LogP contribution is 2.15. The lowest BCUT2D eigenvalue weighted by Gasteiger charge is -2.06. The molecule has 0 spiro atoms. The normalized spacial score (nSPS) is 10.5. The van der Waals surface area contributed by atoms with Gasteiger partial charge >= 0.3 is 0 Å². The number of rotatable bonds is 5. The fourth-order valence-electron chi connectivity index (χ4n) is 2.24. The van der Waals surface area contributed by atoms with Crippen molar-refractivity contribution < 1.29 is 9.59 Å². The van der Waals surface area contributed by atoms with Gasteiger partial charge in [-0.15, -0.1) is 0 Å². The molecule has 2 amide bonds. The maximum Gasteiger partial charge on any atom is 0.233 e. The van der Waals surface area contributed by atoms with Crippen molar-refractivity contribution in [3.63, 3.8) is 0 Å². The van der Waals surface area contributed by atoms with E-state index in [2.05, 4.69) is 31.5 Å². The summed E-state index contributed by atoms with van der Waals surface area (Å²) in [6, 6.07) is 12.9. The summed E-state index contributed by atoms with van der Waals surface area (Å²) in [6.45, 7) is 0.282. The molecule has 0 atom stereocenters. The molecule has 7 heteroatoms. The van der Waals surface area contributed by atoms with Gasteiger partial charge in [0.05, 0.1) is 12.2 Å². The number of carbonyl (C=O) groups is 2. The Morgan fingerprint density at radius 3 is 2.79 bits per heavy atom. The molecule has 3 rings (SSSR count). The van der Waals surface area contributed by atoms with Crippen LogP contribution in [0.5, 0.6) is 0 Å². The van der Waals surface area contributed by atoms with E-state index in [4.69, 9.17) is 0 Å². The second-order valence-corrected chi connectivity index (χ2v) is 6.13. The lowest BCUT2D eigenvalue weighted by molar-refractivity contribution is -0.126. The summed E-state index contributed by atoms with van der Waals surface area (Å²) in [5.74, 6) is -0.708. The Hall–Kier alpha value is -2.67. The van der Waals surface area contributed by atoms with Crippen molar-refractivity contribution in [2.75, 3.05) is 5.32 Å². The molecule has 0 saturated carbocycles. The molecule has 6 nitrogen and oxygen atoms in total. The third-order valence-electron chi connectivity index (χ3n) is 3.31. The summed E-state index contributed by atoms with van der Waals surface area (Å²) in [5, 5.41) is 5.39. The number of aromatic nitrogens is 2. The third-order valence-corrected chi connectivity index (χ3v) is 3.80. The van der Waals surface area contributed by atoms with Crippen LogP contribution in [-0.2, 0) is 16.1 Å². The molecule has 2 N–H and O–H groups in total. The molecule has 122 valence electrons. The summed E-state index contributed by atoms with van der Waals surface area (Å²) in [7, 11) is 0. The Bertz CT molecular complexity index is 858. The van der Waals surface area contributed by atoms with Gasteiger partial charge in [0, 0.05) is 22.6 Å². The van der Waals surface area contributed by atoms with Crippen LogP contribution in [0, 0.1) is 0 Å². The van der Waals surface area contributed by atoms with Gasteiger partial charge in [-0.3, -0.25) is 9.59 Å². The van der Waals surface area contributed by atoms with Crippen molar-refractivity contribution in [3.8, 4) is 0 Å². The second-order valence-electron chi connectivity index (χ2n) is 5.21. The van der Waals surface area contributed by atoms with Crippen LogP contribution in [0.15, 0.2) is 59.3 Å². The van der Waals surface area contributed by atoms with Crippen molar-refractivity contribution in [1.29, 1.82) is 0 Å². The standard InChI is InChI=1S/C17H15BrN4O2/c18-12-4-3-5-13(8-12)21-17(24)9-16(23)19-10-14-11-22-7-2-1-6-15(22)20-14/h1-8,11H,9-10H2,(H,19,23)(H,21,24). The highest BCUT2D eigenvalue weighted by atomic mass is 79.9. The molecule has 3 aromatic rings. The van der Waals surface area contributed by atoms with Crippen LogP contribution in [0.2, 0.25) is 0 Å².